The lowest BCUT2D eigenvalue weighted by molar-refractivity contribution is 0.0720. The summed E-state index contributed by atoms with van der Waals surface area (Å²) in [5.74, 6) is 0.0629. The van der Waals surface area contributed by atoms with E-state index >= 15 is 0 Å². The van der Waals surface area contributed by atoms with E-state index in [0.717, 1.165) is 17.7 Å². The van der Waals surface area contributed by atoms with Gasteiger partial charge in [0.2, 0.25) is 0 Å². The number of ether oxygens (including phenoxy) is 1. The summed E-state index contributed by atoms with van der Waals surface area (Å²) in [5.41, 5.74) is 1.85. The van der Waals surface area contributed by atoms with Gasteiger partial charge in [0.1, 0.15) is 0 Å². The topological polar surface area (TPSA) is 34.5 Å². The number of aromatic nitrogens is 1. The highest BCUT2D eigenvalue weighted by molar-refractivity contribution is 5.94. The molecule has 0 aliphatic heterocycles. The molecule has 1 amide bonds. The van der Waals surface area contributed by atoms with E-state index in [2.05, 4.69) is 0 Å². The largest absolute Gasteiger partial charge is 0.385 e. The second-order valence-electron chi connectivity index (χ2n) is 5.05. The minimum Gasteiger partial charge on any atom is -0.385 e. The molecule has 2 aromatic rings. The molecule has 0 saturated heterocycles. The van der Waals surface area contributed by atoms with Crippen LogP contribution in [0.15, 0.2) is 48.7 Å². The van der Waals surface area contributed by atoms with Gasteiger partial charge >= 0.3 is 0 Å². The number of amides is 1. The van der Waals surface area contributed by atoms with Crippen molar-refractivity contribution in [2.24, 2.45) is 7.05 Å². The Bertz CT molecular complexity index is 563. The fourth-order valence-electron chi connectivity index (χ4n) is 2.27. The molecule has 0 radical (unpaired) electrons. The van der Waals surface area contributed by atoms with Crippen LogP contribution in [0.4, 0.5) is 0 Å². The first-order chi connectivity index (χ1) is 10.2. The van der Waals surface area contributed by atoms with Crippen LogP contribution in [-0.2, 0) is 18.3 Å². The monoisotopic (exact) mass is 286 g/mol. The molecule has 0 atom stereocenters. The predicted molar refractivity (Wildman–Crippen MR) is 83.1 cm³/mol. The van der Waals surface area contributed by atoms with Crippen molar-refractivity contribution in [1.82, 2.24) is 9.47 Å². The van der Waals surface area contributed by atoms with Crippen LogP contribution >= 0.6 is 0 Å². The minimum absolute atomic E-state index is 0.0629. The van der Waals surface area contributed by atoms with E-state index in [1.165, 1.54) is 0 Å². The molecule has 0 unspecified atom stereocenters. The Morgan fingerprint density at radius 1 is 1.19 bits per heavy atom. The second-order valence-corrected chi connectivity index (χ2v) is 5.05. The number of hydrogen-bond acceptors (Lipinski definition) is 2. The maximum Gasteiger partial charge on any atom is 0.254 e. The summed E-state index contributed by atoms with van der Waals surface area (Å²) < 4.78 is 7.14. The number of carbonyl (C=O) groups is 1. The molecule has 0 spiro atoms. The van der Waals surface area contributed by atoms with Crippen LogP contribution in [0.3, 0.4) is 0 Å². The van der Waals surface area contributed by atoms with Crippen LogP contribution in [-0.4, -0.2) is 35.6 Å². The summed E-state index contributed by atoms with van der Waals surface area (Å²) >= 11 is 0. The highest BCUT2D eigenvalue weighted by Crippen LogP contribution is 2.11. The first kappa shape index (κ1) is 15.3. The summed E-state index contributed by atoms with van der Waals surface area (Å²) in [6.07, 6.45) is 2.83. The molecule has 2 rings (SSSR count). The first-order valence-electron chi connectivity index (χ1n) is 7.16. The molecule has 0 bridgehead atoms. The molecule has 1 aromatic carbocycles. The molecule has 21 heavy (non-hydrogen) atoms. The van der Waals surface area contributed by atoms with Gasteiger partial charge in [-0.05, 0) is 30.7 Å². The van der Waals surface area contributed by atoms with Crippen molar-refractivity contribution >= 4 is 5.91 Å². The van der Waals surface area contributed by atoms with Crippen molar-refractivity contribution in [2.45, 2.75) is 13.0 Å². The summed E-state index contributed by atoms with van der Waals surface area (Å²) in [4.78, 5) is 14.5. The van der Waals surface area contributed by atoms with Crippen molar-refractivity contribution in [1.29, 1.82) is 0 Å². The van der Waals surface area contributed by atoms with Gasteiger partial charge in [0, 0.05) is 44.8 Å². The number of carbonyl (C=O) groups excluding carboxylic acids is 1. The van der Waals surface area contributed by atoms with E-state index in [4.69, 9.17) is 4.74 Å². The Balaban J connectivity index is 2.11. The van der Waals surface area contributed by atoms with Crippen LogP contribution in [0.2, 0.25) is 0 Å². The van der Waals surface area contributed by atoms with Gasteiger partial charge in [-0.2, -0.15) is 0 Å². The van der Waals surface area contributed by atoms with Gasteiger partial charge in [-0.15, -0.1) is 0 Å². The average molecular weight is 286 g/mol. The van der Waals surface area contributed by atoms with Crippen LogP contribution in [0, 0.1) is 0 Å². The summed E-state index contributed by atoms with van der Waals surface area (Å²) in [6, 6.07) is 13.5. The van der Waals surface area contributed by atoms with E-state index in [9.17, 15) is 4.79 Å². The maximum absolute atomic E-state index is 12.7. The third kappa shape index (κ3) is 4.20. The number of benzene rings is 1. The Kier molecular flexibility index (Phi) is 5.58. The fourth-order valence-corrected chi connectivity index (χ4v) is 2.27. The number of nitrogens with zero attached hydrogens (tertiary/aromatic N) is 2. The Morgan fingerprint density at radius 2 is 1.95 bits per heavy atom. The number of rotatable bonds is 7. The third-order valence-corrected chi connectivity index (χ3v) is 3.49. The third-order valence-electron chi connectivity index (χ3n) is 3.49. The zero-order chi connectivity index (χ0) is 15.1. The zero-order valence-corrected chi connectivity index (χ0v) is 12.7. The van der Waals surface area contributed by atoms with Crippen LogP contribution < -0.4 is 0 Å². The minimum atomic E-state index is 0.0629. The quantitative estimate of drug-likeness (QED) is 0.733. The lowest BCUT2D eigenvalue weighted by atomic mass is 10.2. The number of aryl methyl sites for hydroxylation is 1. The van der Waals surface area contributed by atoms with E-state index in [-0.39, 0.29) is 5.91 Å². The maximum atomic E-state index is 12.7. The molecule has 112 valence electrons. The molecule has 0 saturated carbocycles. The predicted octanol–water partition coefficient (Wildman–Crippen LogP) is 2.70. The van der Waals surface area contributed by atoms with Gasteiger partial charge in [0.25, 0.3) is 5.91 Å². The highest BCUT2D eigenvalue weighted by Gasteiger charge is 2.16. The van der Waals surface area contributed by atoms with Gasteiger partial charge in [0.15, 0.2) is 0 Å². The van der Waals surface area contributed by atoms with Crippen molar-refractivity contribution in [3.05, 3.63) is 59.9 Å². The van der Waals surface area contributed by atoms with Crippen molar-refractivity contribution in [3.63, 3.8) is 0 Å². The molecule has 0 aliphatic rings. The molecule has 0 aliphatic carbocycles. The summed E-state index contributed by atoms with van der Waals surface area (Å²) in [5, 5.41) is 0. The SMILES string of the molecule is COCCCN(Cc1cccn1C)C(=O)c1ccccc1. The molecule has 0 fully saturated rings. The van der Waals surface area contributed by atoms with E-state index in [0.29, 0.717) is 19.7 Å². The van der Waals surface area contributed by atoms with E-state index < -0.39 is 0 Å². The van der Waals surface area contributed by atoms with Crippen molar-refractivity contribution in [3.8, 4) is 0 Å². The Hall–Kier alpha value is -2.07. The average Bonchev–Trinajstić information content (AvgIpc) is 2.92. The fraction of sp³-hybridized carbons (Fsp3) is 0.353. The van der Waals surface area contributed by atoms with E-state index in [1.807, 2.05) is 65.2 Å². The van der Waals surface area contributed by atoms with Gasteiger partial charge in [0.05, 0.1) is 6.54 Å². The number of methoxy groups -OCH3 is 1. The van der Waals surface area contributed by atoms with Gasteiger partial charge < -0.3 is 14.2 Å². The standard InChI is InChI=1S/C17H22N2O2/c1-18-11-6-10-16(18)14-19(12-7-13-21-2)17(20)15-8-4-3-5-9-15/h3-6,8-11H,7,12-14H2,1-2H3. The molecule has 1 heterocycles. The Labute approximate surface area is 125 Å². The Morgan fingerprint density at radius 3 is 2.57 bits per heavy atom. The van der Waals surface area contributed by atoms with E-state index in [1.54, 1.807) is 7.11 Å². The second kappa shape index (κ2) is 7.64. The van der Waals surface area contributed by atoms with Crippen LogP contribution in [0.25, 0.3) is 0 Å². The molecule has 4 heteroatoms. The lowest BCUT2D eigenvalue weighted by Crippen LogP contribution is -2.32. The lowest BCUT2D eigenvalue weighted by Gasteiger charge is -2.23. The molecule has 1 aromatic heterocycles. The zero-order valence-electron chi connectivity index (χ0n) is 12.7. The van der Waals surface area contributed by atoms with Gasteiger partial charge in [-0.25, -0.2) is 0 Å². The molecular weight excluding hydrogens is 264 g/mol. The van der Waals surface area contributed by atoms with Gasteiger partial charge in [-0.3, -0.25) is 4.79 Å². The molecular formula is C17H22N2O2. The normalized spacial score (nSPS) is 10.6. The first-order valence-corrected chi connectivity index (χ1v) is 7.16. The smallest absolute Gasteiger partial charge is 0.254 e. The van der Waals surface area contributed by atoms with Gasteiger partial charge in [-0.1, -0.05) is 18.2 Å². The summed E-state index contributed by atoms with van der Waals surface area (Å²) in [6.45, 7) is 1.96. The van der Waals surface area contributed by atoms with Crippen molar-refractivity contribution < 1.29 is 9.53 Å². The van der Waals surface area contributed by atoms with Crippen LogP contribution in [0.1, 0.15) is 22.5 Å². The number of hydrogen-bond donors (Lipinski definition) is 0. The van der Waals surface area contributed by atoms with Crippen molar-refractivity contribution in [2.75, 3.05) is 20.3 Å². The molecule has 4 nitrogen and oxygen atoms in total. The molecule has 0 N–H and O–H groups in total. The van der Waals surface area contributed by atoms with Crippen LogP contribution in [0.5, 0.6) is 0 Å². The summed E-state index contributed by atoms with van der Waals surface area (Å²) in [7, 11) is 3.68. The highest BCUT2D eigenvalue weighted by atomic mass is 16.5.